The van der Waals surface area contributed by atoms with Crippen LogP contribution in [0.4, 0.5) is 0 Å². The first-order valence-corrected chi connectivity index (χ1v) is 4.72. The number of halogens is 3. The van der Waals surface area contributed by atoms with Crippen molar-refractivity contribution >= 4 is 34.8 Å². The van der Waals surface area contributed by atoms with Crippen molar-refractivity contribution in [2.75, 3.05) is 6.54 Å². The number of benzene rings is 1. The average molecular weight is 241 g/mol. The fourth-order valence-corrected chi connectivity index (χ4v) is 1.69. The monoisotopic (exact) mass is 239 g/mol. The molecule has 1 aromatic carbocycles. The molecule has 0 unspecified atom stereocenters. The highest BCUT2D eigenvalue weighted by Gasteiger charge is 2.13. The molecule has 0 radical (unpaired) electrons. The smallest absolute Gasteiger partial charge is 0.0927 e. The molecule has 72 valence electrons. The quantitative estimate of drug-likeness (QED) is 0.781. The molecule has 13 heavy (non-hydrogen) atoms. The van der Waals surface area contributed by atoms with Crippen molar-refractivity contribution in [3.05, 3.63) is 32.8 Å². The Kier molecular flexibility index (Phi) is 3.83. The Morgan fingerprint density at radius 3 is 2.46 bits per heavy atom. The zero-order valence-electron chi connectivity index (χ0n) is 6.60. The Balaban J connectivity index is 3.20. The fraction of sp³-hybridized carbons (Fsp3) is 0.250. The maximum atomic E-state index is 9.43. The van der Waals surface area contributed by atoms with Crippen molar-refractivity contribution in [2.24, 2.45) is 5.73 Å². The van der Waals surface area contributed by atoms with E-state index in [9.17, 15) is 5.11 Å². The van der Waals surface area contributed by atoms with E-state index in [4.69, 9.17) is 40.5 Å². The van der Waals surface area contributed by atoms with Gasteiger partial charge >= 0.3 is 0 Å². The van der Waals surface area contributed by atoms with Crippen molar-refractivity contribution in [3.63, 3.8) is 0 Å². The van der Waals surface area contributed by atoms with Gasteiger partial charge in [-0.2, -0.15) is 0 Å². The highest BCUT2D eigenvalue weighted by atomic mass is 35.5. The van der Waals surface area contributed by atoms with Crippen molar-refractivity contribution in [3.8, 4) is 0 Å². The van der Waals surface area contributed by atoms with E-state index in [0.717, 1.165) is 0 Å². The lowest BCUT2D eigenvalue weighted by Gasteiger charge is -2.11. The van der Waals surface area contributed by atoms with Crippen LogP contribution in [0.3, 0.4) is 0 Å². The maximum absolute atomic E-state index is 9.43. The molecule has 0 saturated heterocycles. The zero-order valence-corrected chi connectivity index (χ0v) is 8.87. The first kappa shape index (κ1) is 11.1. The van der Waals surface area contributed by atoms with Gasteiger partial charge in [-0.15, -0.1) is 0 Å². The molecular formula is C8H8Cl3NO. The van der Waals surface area contributed by atoms with Crippen LogP contribution in [0.5, 0.6) is 0 Å². The van der Waals surface area contributed by atoms with E-state index in [1.807, 2.05) is 0 Å². The highest BCUT2D eigenvalue weighted by Crippen LogP contribution is 2.32. The Morgan fingerprint density at radius 2 is 1.92 bits per heavy atom. The van der Waals surface area contributed by atoms with E-state index in [2.05, 4.69) is 0 Å². The number of hydrogen-bond donors (Lipinski definition) is 2. The number of aliphatic hydroxyl groups excluding tert-OH is 1. The van der Waals surface area contributed by atoms with E-state index < -0.39 is 6.10 Å². The van der Waals surface area contributed by atoms with Gasteiger partial charge in [-0.05, 0) is 12.1 Å². The maximum Gasteiger partial charge on any atom is 0.0927 e. The van der Waals surface area contributed by atoms with E-state index >= 15 is 0 Å². The topological polar surface area (TPSA) is 46.2 Å². The van der Waals surface area contributed by atoms with Crippen LogP contribution in [0.15, 0.2) is 12.1 Å². The van der Waals surface area contributed by atoms with Crippen molar-refractivity contribution < 1.29 is 5.11 Å². The van der Waals surface area contributed by atoms with Gasteiger partial charge in [0.05, 0.1) is 16.1 Å². The summed E-state index contributed by atoms with van der Waals surface area (Å²) in [5, 5.41) is 10.5. The van der Waals surface area contributed by atoms with Gasteiger partial charge in [-0.1, -0.05) is 34.8 Å². The summed E-state index contributed by atoms with van der Waals surface area (Å²) in [4.78, 5) is 0. The van der Waals surface area contributed by atoms with E-state index in [1.54, 1.807) is 6.07 Å². The minimum atomic E-state index is -0.830. The standard InChI is InChI=1S/C8H8Cl3NO/c9-4-1-5(7(13)3-12)8(11)6(10)2-4/h1-2,7,13H,3,12H2/t7-/m0/s1. The highest BCUT2D eigenvalue weighted by molar-refractivity contribution is 6.43. The van der Waals surface area contributed by atoms with Crippen LogP contribution in [0.25, 0.3) is 0 Å². The normalized spacial score (nSPS) is 13.0. The molecule has 0 spiro atoms. The van der Waals surface area contributed by atoms with Gasteiger partial charge in [-0.25, -0.2) is 0 Å². The molecule has 0 saturated carbocycles. The second kappa shape index (κ2) is 4.49. The van der Waals surface area contributed by atoms with E-state index in [-0.39, 0.29) is 6.54 Å². The number of rotatable bonds is 2. The van der Waals surface area contributed by atoms with Gasteiger partial charge in [0.15, 0.2) is 0 Å². The molecule has 0 heterocycles. The Morgan fingerprint density at radius 1 is 1.31 bits per heavy atom. The fourth-order valence-electron chi connectivity index (χ4n) is 0.945. The molecular weight excluding hydrogens is 232 g/mol. The van der Waals surface area contributed by atoms with Crippen LogP contribution in [-0.4, -0.2) is 11.7 Å². The number of nitrogens with two attached hydrogens (primary N) is 1. The summed E-state index contributed by atoms with van der Waals surface area (Å²) < 4.78 is 0. The van der Waals surface area contributed by atoms with Crippen molar-refractivity contribution in [2.45, 2.75) is 6.10 Å². The first-order chi connectivity index (χ1) is 6.06. The van der Waals surface area contributed by atoms with Crippen LogP contribution < -0.4 is 5.73 Å². The minimum absolute atomic E-state index is 0.0798. The number of hydrogen-bond acceptors (Lipinski definition) is 2. The predicted molar refractivity (Wildman–Crippen MR) is 55.5 cm³/mol. The molecule has 0 aromatic heterocycles. The third-order valence-corrected chi connectivity index (χ3v) is 2.64. The summed E-state index contributed by atoms with van der Waals surface area (Å²) in [5.41, 5.74) is 5.74. The van der Waals surface area contributed by atoms with Crippen LogP contribution in [0, 0.1) is 0 Å². The number of aliphatic hydroxyl groups is 1. The van der Waals surface area contributed by atoms with Crippen LogP contribution in [0.1, 0.15) is 11.7 Å². The summed E-state index contributed by atoms with van der Waals surface area (Å²) in [7, 11) is 0. The summed E-state index contributed by atoms with van der Waals surface area (Å²) in [6.07, 6.45) is -0.830. The summed E-state index contributed by atoms with van der Waals surface area (Å²) in [6, 6.07) is 3.06. The van der Waals surface area contributed by atoms with E-state index in [1.165, 1.54) is 6.07 Å². The molecule has 3 N–H and O–H groups in total. The van der Waals surface area contributed by atoms with Gasteiger partial charge in [0.2, 0.25) is 0 Å². The van der Waals surface area contributed by atoms with Crippen LogP contribution in [-0.2, 0) is 0 Å². The molecule has 1 atom stereocenters. The molecule has 1 aromatic rings. The predicted octanol–water partition coefficient (Wildman–Crippen LogP) is 2.64. The molecule has 0 amide bonds. The molecule has 5 heteroatoms. The summed E-state index contributed by atoms with van der Waals surface area (Å²) in [5.74, 6) is 0. The Labute approximate surface area is 91.2 Å². The third kappa shape index (κ3) is 2.48. The van der Waals surface area contributed by atoms with Gasteiger partial charge in [0, 0.05) is 17.1 Å². The molecule has 0 aliphatic carbocycles. The molecule has 0 fully saturated rings. The minimum Gasteiger partial charge on any atom is -0.387 e. The SMILES string of the molecule is NC[C@H](O)c1cc(Cl)cc(Cl)c1Cl. The van der Waals surface area contributed by atoms with Crippen molar-refractivity contribution in [1.82, 2.24) is 0 Å². The van der Waals surface area contributed by atoms with Gasteiger partial charge < -0.3 is 10.8 Å². The summed E-state index contributed by atoms with van der Waals surface area (Å²) in [6.45, 7) is 0.0798. The lowest BCUT2D eigenvalue weighted by molar-refractivity contribution is 0.187. The van der Waals surface area contributed by atoms with Gasteiger partial charge in [0.25, 0.3) is 0 Å². The Hall–Kier alpha value is 0.01000. The Bertz CT molecular complexity index is 317. The molecule has 1 rings (SSSR count). The second-order valence-corrected chi connectivity index (χ2v) is 3.76. The summed E-state index contributed by atoms with van der Waals surface area (Å²) >= 11 is 17.3. The van der Waals surface area contributed by atoms with Gasteiger partial charge in [0.1, 0.15) is 0 Å². The lowest BCUT2D eigenvalue weighted by Crippen LogP contribution is -2.12. The molecule has 2 nitrogen and oxygen atoms in total. The second-order valence-electron chi connectivity index (χ2n) is 2.54. The van der Waals surface area contributed by atoms with Crippen LogP contribution in [0.2, 0.25) is 15.1 Å². The van der Waals surface area contributed by atoms with Crippen LogP contribution >= 0.6 is 34.8 Å². The third-order valence-electron chi connectivity index (χ3n) is 1.60. The van der Waals surface area contributed by atoms with Gasteiger partial charge in [-0.3, -0.25) is 0 Å². The lowest BCUT2D eigenvalue weighted by atomic mass is 10.1. The zero-order chi connectivity index (χ0) is 10.0. The first-order valence-electron chi connectivity index (χ1n) is 3.59. The molecule has 0 aliphatic heterocycles. The molecule has 0 bridgehead atoms. The molecule has 0 aliphatic rings. The van der Waals surface area contributed by atoms with Crippen molar-refractivity contribution in [1.29, 1.82) is 0 Å². The largest absolute Gasteiger partial charge is 0.387 e. The average Bonchev–Trinajstić information content (AvgIpc) is 2.10. The van der Waals surface area contributed by atoms with E-state index in [0.29, 0.717) is 20.6 Å².